The minimum atomic E-state index is 0.999. The molecule has 0 N–H and O–H groups in total. The van der Waals surface area contributed by atoms with Gasteiger partial charge in [0.15, 0.2) is 0 Å². The van der Waals surface area contributed by atoms with Crippen molar-refractivity contribution >= 4 is 32.3 Å². The largest absolute Gasteiger partial charge is 0.256 e. The Morgan fingerprint density at radius 3 is 1.13 bits per heavy atom. The van der Waals surface area contributed by atoms with Crippen molar-refractivity contribution in [3.8, 4) is 78.0 Å². The van der Waals surface area contributed by atoms with E-state index in [4.69, 9.17) is 4.98 Å². The second-order valence-corrected chi connectivity index (χ2v) is 15.4. The highest BCUT2D eigenvalue weighted by Crippen LogP contribution is 2.47. The van der Waals surface area contributed by atoms with Crippen molar-refractivity contribution < 1.29 is 0 Å². The minimum absolute atomic E-state index is 0.999. The summed E-state index contributed by atoms with van der Waals surface area (Å²) < 4.78 is 0. The Morgan fingerprint density at radius 2 is 0.617 bits per heavy atom. The van der Waals surface area contributed by atoms with Crippen molar-refractivity contribution in [1.29, 1.82) is 0 Å². The quantitative estimate of drug-likeness (QED) is 0.147. The molecule has 0 bridgehead atoms. The van der Waals surface area contributed by atoms with Crippen LogP contribution in [-0.2, 0) is 0 Å². The highest BCUT2D eigenvalue weighted by atomic mass is 14.7. The van der Waals surface area contributed by atoms with E-state index in [0.717, 1.165) is 16.6 Å². The molecule has 11 aromatic rings. The van der Waals surface area contributed by atoms with Gasteiger partial charge in [0.2, 0.25) is 0 Å². The van der Waals surface area contributed by atoms with E-state index < -0.39 is 0 Å². The van der Waals surface area contributed by atoms with Crippen molar-refractivity contribution in [2.24, 2.45) is 0 Å². The highest BCUT2D eigenvalue weighted by molar-refractivity contribution is 6.21. The zero-order valence-electron chi connectivity index (χ0n) is 33.0. The summed E-state index contributed by atoms with van der Waals surface area (Å²) in [5.74, 6) is 0. The molecule has 60 heavy (non-hydrogen) atoms. The summed E-state index contributed by atoms with van der Waals surface area (Å²) in [6.45, 7) is 0. The van der Waals surface area contributed by atoms with Gasteiger partial charge in [-0.05, 0) is 124 Å². The Bertz CT molecular complexity index is 3230. The van der Waals surface area contributed by atoms with Crippen molar-refractivity contribution in [2.75, 3.05) is 0 Å². The van der Waals surface area contributed by atoms with E-state index in [1.54, 1.807) is 0 Å². The van der Waals surface area contributed by atoms with Crippen molar-refractivity contribution in [3.05, 3.63) is 237 Å². The van der Waals surface area contributed by atoms with Gasteiger partial charge in [-0.1, -0.05) is 200 Å². The third-order valence-corrected chi connectivity index (χ3v) is 11.9. The van der Waals surface area contributed by atoms with Gasteiger partial charge >= 0.3 is 0 Å². The summed E-state index contributed by atoms with van der Waals surface area (Å²) in [6, 6.07) is 83.8. The average molecular weight is 762 g/mol. The molecule has 0 radical (unpaired) electrons. The SMILES string of the molecule is c1ccc(-c2cc(-c3ccccc3)c(-c3cccc(-c4c5ccccc5c(-c5cccc(-c6nccc7ccccc67)c5)c5ccccc45)c3)c(-c3ccccc3)c2)cc1. The summed E-state index contributed by atoms with van der Waals surface area (Å²) >= 11 is 0. The molecule has 0 spiro atoms. The lowest BCUT2D eigenvalue weighted by Gasteiger charge is -2.21. The number of benzene rings is 10. The van der Waals surface area contributed by atoms with Crippen LogP contribution in [0, 0.1) is 0 Å². The van der Waals surface area contributed by atoms with Crippen LogP contribution < -0.4 is 0 Å². The summed E-state index contributed by atoms with van der Waals surface area (Å²) in [5, 5.41) is 7.24. The Hall–Kier alpha value is -7.87. The van der Waals surface area contributed by atoms with E-state index in [0.29, 0.717) is 0 Å². The molecule has 0 aliphatic rings. The number of fused-ring (bicyclic) bond motifs is 3. The predicted octanol–water partition coefficient (Wildman–Crippen LogP) is 16.2. The second-order valence-electron chi connectivity index (χ2n) is 15.4. The molecule has 0 saturated carbocycles. The summed E-state index contributed by atoms with van der Waals surface area (Å²) in [6.07, 6.45) is 1.92. The van der Waals surface area contributed by atoms with Crippen LogP contribution in [0.1, 0.15) is 0 Å². The predicted molar refractivity (Wildman–Crippen MR) is 255 cm³/mol. The molecule has 1 heterocycles. The molecule has 0 aliphatic heterocycles. The first-order valence-electron chi connectivity index (χ1n) is 20.6. The number of rotatable bonds is 7. The van der Waals surface area contributed by atoms with Crippen LogP contribution in [0.2, 0.25) is 0 Å². The van der Waals surface area contributed by atoms with Crippen LogP contribution in [0.15, 0.2) is 237 Å². The fourth-order valence-electron chi connectivity index (χ4n) is 9.19. The van der Waals surface area contributed by atoms with Crippen LogP contribution >= 0.6 is 0 Å². The van der Waals surface area contributed by atoms with Crippen LogP contribution in [0.3, 0.4) is 0 Å². The van der Waals surface area contributed by atoms with Crippen molar-refractivity contribution in [2.45, 2.75) is 0 Å². The van der Waals surface area contributed by atoms with Crippen LogP contribution in [0.25, 0.3) is 110 Å². The van der Waals surface area contributed by atoms with Gasteiger partial charge in [0.05, 0.1) is 5.69 Å². The first-order valence-corrected chi connectivity index (χ1v) is 20.6. The molecule has 11 rings (SSSR count). The molecule has 0 amide bonds. The van der Waals surface area contributed by atoms with E-state index in [2.05, 4.69) is 231 Å². The average Bonchev–Trinajstić information content (AvgIpc) is 3.33. The maximum Gasteiger partial charge on any atom is 0.0780 e. The normalized spacial score (nSPS) is 11.3. The van der Waals surface area contributed by atoms with E-state index in [-0.39, 0.29) is 0 Å². The second kappa shape index (κ2) is 15.1. The molecular formula is C59H39N. The molecule has 0 saturated heterocycles. The molecule has 1 heteroatoms. The Kier molecular flexibility index (Phi) is 8.91. The van der Waals surface area contributed by atoms with E-state index in [1.165, 1.54) is 93.7 Å². The van der Waals surface area contributed by atoms with Gasteiger partial charge in [-0.3, -0.25) is 4.98 Å². The van der Waals surface area contributed by atoms with Gasteiger partial charge in [0, 0.05) is 17.1 Å². The van der Waals surface area contributed by atoms with E-state index in [1.807, 2.05) is 6.20 Å². The number of hydrogen-bond donors (Lipinski definition) is 0. The number of hydrogen-bond acceptors (Lipinski definition) is 1. The highest BCUT2D eigenvalue weighted by Gasteiger charge is 2.21. The molecule has 0 fully saturated rings. The molecule has 280 valence electrons. The smallest absolute Gasteiger partial charge is 0.0780 e. The van der Waals surface area contributed by atoms with Crippen LogP contribution in [0.5, 0.6) is 0 Å². The van der Waals surface area contributed by atoms with E-state index in [9.17, 15) is 0 Å². The van der Waals surface area contributed by atoms with Crippen molar-refractivity contribution in [1.82, 2.24) is 4.98 Å². The summed E-state index contributed by atoms with van der Waals surface area (Å²) in [7, 11) is 0. The molecule has 10 aromatic carbocycles. The maximum absolute atomic E-state index is 4.89. The molecule has 0 unspecified atom stereocenters. The van der Waals surface area contributed by atoms with Gasteiger partial charge in [0.1, 0.15) is 0 Å². The number of nitrogens with zero attached hydrogens (tertiary/aromatic N) is 1. The lowest BCUT2D eigenvalue weighted by atomic mass is 9.82. The minimum Gasteiger partial charge on any atom is -0.256 e. The topological polar surface area (TPSA) is 12.9 Å². The molecule has 1 aromatic heterocycles. The van der Waals surface area contributed by atoms with Gasteiger partial charge < -0.3 is 0 Å². The summed E-state index contributed by atoms with van der Waals surface area (Å²) in [5.41, 5.74) is 16.5. The van der Waals surface area contributed by atoms with Crippen LogP contribution in [0.4, 0.5) is 0 Å². The maximum atomic E-state index is 4.89. The van der Waals surface area contributed by atoms with Gasteiger partial charge in [-0.15, -0.1) is 0 Å². The van der Waals surface area contributed by atoms with Gasteiger partial charge in [0.25, 0.3) is 0 Å². The molecule has 1 nitrogen and oxygen atoms in total. The fourth-order valence-corrected chi connectivity index (χ4v) is 9.19. The van der Waals surface area contributed by atoms with Crippen molar-refractivity contribution in [3.63, 3.8) is 0 Å². The van der Waals surface area contributed by atoms with Gasteiger partial charge in [-0.2, -0.15) is 0 Å². The fraction of sp³-hybridized carbons (Fsp3) is 0. The molecule has 0 aliphatic carbocycles. The first kappa shape index (κ1) is 35.3. The zero-order chi connectivity index (χ0) is 39.8. The van der Waals surface area contributed by atoms with Crippen LogP contribution in [-0.4, -0.2) is 4.98 Å². The molecule has 0 atom stereocenters. The summed E-state index contributed by atoms with van der Waals surface area (Å²) in [4.78, 5) is 4.89. The third kappa shape index (κ3) is 6.25. The lowest BCUT2D eigenvalue weighted by molar-refractivity contribution is 1.36. The lowest BCUT2D eigenvalue weighted by Crippen LogP contribution is -1.94. The van der Waals surface area contributed by atoms with E-state index >= 15 is 0 Å². The molecular weight excluding hydrogens is 723 g/mol. The number of aromatic nitrogens is 1. The standard InChI is InChI=1S/C59H39N/c1-4-18-40(19-5-1)48-38-54(41-20-6-2-7-21-41)58(55(39-48)42-22-8-3-9-23-42)45-26-16-25-44(36-45)56-50-30-12-14-32-52(50)57(53-33-15-13-31-51(53)56)46-27-17-28-47(37-46)59-49-29-11-10-24-43(49)34-35-60-59/h1-39H. The number of pyridine rings is 1. The monoisotopic (exact) mass is 761 g/mol. The Balaban J connectivity index is 1.14. The Labute approximate surface area is 350 Å². The van der Waals surface area contributed by atoms with Gasteiger partial charge in [-0.25, -0.2) is 0 Å². The third-order valence-electron chi connectivity index (χ3n) is 11.9. The Morgan fingerprint density at radius 1 is 0.233 bits per heavy atom. The zero-order valence-corrected chi connectivity index (χ0v) is 33.0. The first-order chi connectivity index (χ1) is 29.8.